The minimum atomic E-state index is -2.74. The summed E-state index contributed by atoms with van der Waals surface area (Å²) in [6.07, 6.45) is 2.99. The van der Waals surface area contributed by atoms with Crippen LogP contribution in [0.2, 0.25) is 0 Å². The lowest BCUT2D eigenvalue weighted by atomic mass is 9.93. The number of nitrogens with one attached hydrogen (secondary N) is 1. The van der Waals surface area contributed by atoms with Crippen molar-refractivity contribution in [1.82, 2.24) is 29.1 Å². The number of ether oxygens (including phenoxy) is 1. The van der Waals surface area contributed by atoms with E-state index in [9.17, 15) is 17.6 Å². The summed E-state index contributed by atoms with van der Waals surface area (Å²) in [5, 5.41) is 7.77. The smallest absolute Gasteiger partial charge is 0.345 e. The molecular weight excluding hydrogens is 454 g/mol. The summed E-state index contributed by atoms with van der Waals surface area (Å²) >= 11 is 0. The summed E-state index contributed by atoms with van der Waals surface area (Å²) in [6.45, 7) is -1.53. The second-order valence-electron chi connectivity index (χ2n) is 8.36. The molecule has 8 nitrogen and oxygen atoms in total. The van der Waals surface area contributed by atoms with E-state index in [1.807, 2.05) is 6.07 Å². The van der Waals surface area contributed by atoms with Crippen LogP contribution in [0.25, 0.3) is 27.9 Å². The Morgan fingerprint density at radius 3 is 2.62 bits per heavy atom. The second kappa shape index (κ2) is 9.16. The van der Waals surface area contributed by atoms with Crippen molar-refractivity contribution in [2.24, 2.45) is 0 Å². The van der Waals surface area contributed by atoms with Crippen molar-refractivity contribution in [2.75, 3.05) is 5.32 Å². The van der Waals surface area contributed by atoms with E-state index < -0.39 is 25.7 Å². The fourth-order valence-corrected chi connectivity index (χ4v) is 4.48. The number of pyridine rings is 1. The number of nitrogens with zero attached hydrogens (tertiary/aromatic N) is 6. The number of hydrogen-bond acceptors (Lipinski definition) is 6. The topological polar surface area (TPSA) is 82.2 Å². The number of halogens is 4. The van der Waals surface area contributed by atoms with Gasteiger partial charge in [-0.1, -0.05) is 0 Å². The van der Waals surface area contributed by atoms with Crippen LogP contribution in [0.1, 0.15) is 31.5 Å². The third-order valence-corrected chi connectivity index (χ3v) is 6.10. The number of rotatable bonds is 7. The molecule has 4 heterocycles. The maximum atomic E-state index is 13.0. The largest absolute Gasteiger partial charge is 0.350 e. The maximum absolute atomic E-state index is 13.0. The van der Waals surface area contributed by atoms with Gasteiger partial charge in [0, 0.05) is 17.8 Å². The molecule has 1 aliphatic rings. The van der Waals surface area contributed by atoms with Gasteiger partial charge in [-0.25, -0.2) is 28.2 Å². The lowest BCUT2D eigenvalue weighted by Crippen LogP contribution is -2.31. The van der Waals surface area contributed by atoms with E-state index in [1.54, 1.807) is 36.0 Å². The van der Waals surface area contributed by atoms with Crippen molar-refractivity contribution >= 4 is 22.6 Å². The van der Waals surface area contributed by atoms with Crippen LogP contribution in [0, 0.1) is 6.92 Å². The third kappa shape index (κ3) is 4.54. The zero-order valence-electron chi connectivity index (χ0n) is 18.3. The van der Waals surface area contributed by atoms with Gasteiger partial charge in [-0.3, -0.25) is 0 Å². The number of fused-ring (bicyclic) bond motifs is 2. The molecule has 1 N–H and O–H groups in total. The SMILES string of the molecule is Cc1nc2ccc(-c3ccn4nc(N[C@H]5CC[C@H](OC(F)F)CC5)ncc34)nc2n1CC(F)F. The number of hydrogen-bond donors (Lipinski definition) is 1. The Morgan fingerprint density at radius 2 is 1.88 bits per heavy atom. The zero-order chi connectivity index (χ0) is 23.8. The van der Waals surface area contributed by atoms with E-state index in [4.69, 9.17) is 0 Å². The predicted molar refractivity (Wildman–Crippen MR) is 117 cm³/mol. The molecule has 12 heteroatoms. The van der Waals surface area contributed by atoms with Gasteiger partial charge in [-0.05, 0) is 50.8 Å². The molecule has 180 valence electrons. The summed E-state index contributed by atoms with van der Waals surface area (Å²) in [4.78, 5) is 13.3. The van der Waals surface area contributed by atoms with Crippen LogP contribution in [0.4, 0.5) is 23.5 Å². The number of anilines is 1. The van der Waals surface area contributed by atoms with Gasteiger partial charge in [-0.15, -0.1) is 5.10 Å². The van der Waals surface area contributed by atoms with Crippen molar-refractivity contribution in [1.29, 1.82) is 0 Å². The van der Waals surface area contributed by atoms with E-state index in [-0.39, 0.29) is 6.04 Å². The minimum absolute atomic E-state index is 0.0763. The Kier molecular flexibility index (Phi) is 6.07. The highest BCUT2D eigenvalue weighted by molar-refractivity contribution is 5.82. The number of aryl methyl sites for hydroxylation is 1. The molecule has 0 aliphatic heterocycles. The number of alkyl halides is 4. The average Bonchev–Trinajstić information content (AvgIpc) is 3.34. The van der Waals surface area contributed by atoms with Crippen LogP contribution in [-0.4, -0.2) is 54.3 Å². The van der Waals surface area contributed by atoms with E-state index >= 15 is 0 Å². The highest BCUT2D eigenvalue weighted by atomic mass is 19.3. The molecule has 0 unspecified atom stereocenters. The minimum Gasteiger partial charge on any atom is -0.350 e. The fourth-order valence-electron chi connectivity index (χ4n) is 4.48. The van der Waals surface area contributed by atoms with Gasteiger partial charge >= 0.3 is 6.61 Å². The Hall–Kier alpha value is -3.28. The van der Waals surface area contributed by atoms with E-state index in [0.717, 1.165) is 5.56 Å². The van der Waals surface area contributed by atoms with Gasteiger partial charge in [0.2, 0.25) is 5.95 Å². The molecule has 0 aromatic carbocycles. The summed E-state index contributed by atoms with van der Waals surface area (Å²) in [6, 6.07) is 5.48. The number of imidazole rings is 1. The standard InChI is InChI=1S/C22H23F4N7O/c1-12-28-17-7-6-16(30-20(17)32(12)11-19(23)24)15-8-9-33-18(15)10-27-22(31-33)29-13-2-4-14(5-3-13)34-21(25)26/h6-10,13-14,19,21H,2-5,11H2,1H3,(H,29,31)/t13-,14-. The average molecular weight is 477 g/mol. The van der Waals surface area contributed by atoms with Gasteiger partial charge in [-0.2, -0.15) is 8.78 Å². The van der Waals surface area contributed by atoms with Crippen molar-refractivity contribution < 1.29 is 22.3 Å². The molecule has 1 aliphatic carbocycles. The molecule has 0 radical (unpaired) electrons. The van der Waals surface area contributed by atoms with Gasteiger partial charge in [0.25, 0.3) is 6.43 Å². The van der Waals surface area contributed by atoms with Crippen molar-refractivity contribution in [3.8, 4) is 11.3 Å². The monoisotopic (exact) mass is 477 g/mol. The molecule has 0 bridgehead atoms. The van der Waals surface area contributed by atoms with Crippen LogP contribution < -0.4 is 5.32 Å². The van der Waals surface area contributed by atoms with Crippen molar-refractivity contribution in [3.05, 3.63) is 36.4 Å². The van der Waals surface area contributed by atoms with Gasteiger partial charge in [0.1, 0.15) is 11.3 Å². The van der Waals surface area contributed by atoms with E-state index in [1.165, 1.54) is 4.57 Å². The van der Waals surface area contributed by atoms with Crippen LogP contribution in [0.15, 0.2) is 30.6 Å². The van der Waals surface area contributed by atoms with E-state index in [2.05, 4.69) is 30.1 Å². The normalized spacial score (nSPS) is 19.0. The Morgan fingerprint density at radius 1 is 1.09 bits per heavy atom. The van der Waals surface area contributed by atoms with E-state index in [0.29, 0.717) is 59.8 Å². The molecule has 1 saturated carbocycles. The van der Waals surface area contributed by atoms with Crippen LogP contribution >= 0.6 is 0 Å². The van der Waals surface area contributed by atoms with Crippen LogP contribution in [-0.2, 0) is 11.3 Å². The lowest BCUT2D eigenvalue weighted by Gasteiger charge is -2.28. The van der Waals surface area contributed by atoms with Gasteiger partial charge in [0.05, 0.1) is 30.1 Å². The molecule has 0 saturated heterocycles. The van der Waals surface area contributed by atoms with Gasteiger partial charge < -0.3 is 14.6 Å². The molecule has 34 heavy (non-hydrogen) atoms. The fraction of sp³-hybridized carbons (Fsp3) is 0.455. The Labute approximate surface area is 192 Å². The molecule has 0 amide bonds. The third-order valence-electron chi connectivity index (χ3n) is 6.10. The number of aromatic nitrogens is 6. The first-order valence-corrected chi connectivity index (χ1v) is 11.0. The first-order chi connectivity index (χ1) is 16.4. The summed E-state index contributed by atoms with van der Waals surface area (Å²) < 4.78 is 58.5. The predicted octanol–water partition coefficient (Wildman–Crippen LogP) is 4.68. The quantitative estimate of drug-likeness (QED) is 0.390. The van der Waals surface area contributed by atoms with Crippen LogP contribution in [0.5, 0.6) is 0 Å². The lowest BCUT2D eigenvalue weighted by molar-refractivity contribution is -0.169. The van der Waals surface area contributed by atoms with Crippen molar-refractivity contribution in [3.63, 3.8) is 0 Å². The van der Waals surface area contributed by atoms with Crippen molar-refractivity contribution in [2.45, 2.75) is 64.3 Å². The second-order valence-corrected chi connectivity index (χ2v) is 8.36. The molecule has 0 atom stereocenters. The highest BCUT2D eigenvalue weighted by Gasteiger charge is 2.24. The molecular formula is C22H23F4N7O. The first-order valence-electron chi connectivity index (χ1n) is 11.0. The zero-order valence-corrected chi connectivity index (χ0v) is 18.3. The molecule has 1 fully saturated rings. The summed E-state index contributed by atoms with van der Waals surface area (Å²) in [5.74, 6) is 0.914. The molecule has 4 aromatic heterocycles. The summed E-state index contributed by atoms with van der Waals surface area (Å²) in [5.41, 5.74) is 3.04. The first kappa shape index (κ1) is 22.5. The summed E-state index contributed by atoms with van der Waals surface area (Å²) in [7, 11) is 0. The molecule has 5 rings (SSSR count). The Bertz CT molecular complexity index is 1300. The highest BCUT2D eigenvalue weighted by Crippen LogP contribution is 2.28. The van der Waals surface area contributed by atoms with Crippen LogP contribution in [0.3, 0.4) is 0 Å². The molecule has 0 spiro atoms. The Balaban J connectivity index is 1.35. The van der Waals surface area contributed by atoms with Gasteiger partial charge in [0.15, 0.2) is 5.65 Å². The molecule has 4 aromatic rings. The maximum Gasteiger partial charge on any atom is 0.345 e.